The van der Waals surface area contributed by atoms with E-state index in [0.29, 0.717) is 6.42 Å². The molecule has 0 saturated heterocycles. The zero-order chi connectivity index (χ0) is 23.7. The summed E-state index contributed by atoms with van der Waals surface area (Å²) in [5.74, 6) is 0.516. The summed E-state index contributed by atoms with van der Waals surface area (Å²) in [6, 6.07) is 7.50. The Morgan fingerprint density at radius 1 is 1.19 bits per heavy atom. The molecule has 0 bridgehead atoms. The highest BCUT2D eigenvalue weighted by molar-refractivity contribution is 7.91. The van der Waals surface area contributed by atoms with Crippen LogP contribution in [-0.4, -0.2) is 32.5 Å². The Kier molecular flexibility index (Phi) is 6.85. The maximum Gasteiger partial charge on any atom is 0.417 e. The van der Waals surface area contributed by atoms with Crippen LogP contribution < -0.4 is 11.1 Å². The molecule has 2 aromatic carbocycles. The molecule has 11 heteroatoms. The zero-order valence-electron chi connectivity index (χ0n) is 17.4. The van der Waals surface area contributed by atoms with Crippen molar-refractivity contribution in [2.24, 2.45) is 21.6 Å². The Morgan fingerprint density at radius 3 is 2.38 bits per heavy atom. The van der Waals surface area contributed by atoms with E-state index in [-0.39, 0.29) is 56.7 Å². The van der Waals surface area contributed by atoms with Gasteiger partial charge < -0.3 is 11.1 Å². The number of nitrogens with zero attached hydrogens (tertiary/aromatic N) is 2. The number of alkyl halides is 3. The molecule has 6 nitrogen and oxygen atoms in total. The summed E-state index contributed by atoms with van der Waals surface area (Å²) in [7, 11) is -3.53. The lowest BCUT2D eigenvalue weighted by atomic mass is 9.98. The predicted molar refractivity (Wildman–Crippen MR) is 121 cm³/mol. The lowest BCUT2D eigenvalue weighted by Gasteiger charge is -2.17. The number of nitrogens with one attached hydrogen (secondary N) is 1. The highest BCUT2D eigenvalue weighted by Gasteiger charge is 2.35. The number of guanidine groups is 1. The molecule has 0 aliphatic carbocycles. The van der Waals surface area contributed by atoms with E-state index in [0.717, 1.165) is 6.07 Å². The van der Waals surface area contributed by atoms with Crippen molar-refractivity contribution in [3.05, 3.63) is 47.0 Å². The molecule has 0 aromatic heterocycles. The normalized spacial score (nSPS) is 14.5. The van der Waals surface area contributed by atoms with Crippen molar-refractivity contribution in [3.63, 3.8) is 0 Å². The van der Waals surface area contributed by atoms with Gasteiger partial charge in [-0.1, -0.05) is 37.6 Å². The maximum absolute atomic E-state index is 13.9. The second-order valence-electron chi connectivity index (χ2n) is 7.77. The first-order valence-corrected chi connectivity index (χ1v) is 11.8. The SMILES string of the molecule is CC(C)CCS(=O)(=O)c1ccc(-c2c(Cl)cc(NC3=NCC(N)=N3)cc2C(F)(F)F)cc1. The van der Waals surface area contributed by atoms with E-state index in [1.54, 1.807) is 0 Å². The predicted octanol–water partition coefficient (Wildman–Crippen LogP) is 4.98. The molecule has 0 amide bonds. The molecule has 0 atom stereocenters. The van der Waals surface area contributed by atoms with Crippen LogP contribution in [0.2, 0.25) is 5.02 Å². The van der Waals surface area contributed by atoms with Crippen molar-refractivity contribution in [1.82, 2.24) is 0 Å². The standard InChI is InChI=1S/C21H22ClF3N4O2S/c1-12(2)7-8-32(30,31)15-5-3-13(4-6-15)19-16(21(23,24)25)9-14(10-17(19)22)28-20-27-11-18(26)29-20/h3-6,9-10,12H,7-8,11H2,1-2H3,(H3,26,27,28,29). The van der Waals surface area contributed by atoms with Gasteiger partial charge in [-0.3, -0.25) is 0 Å². The summed E-state index contributed by atoms with van der Waals surface area (Å²) in [4.78, 5) is 7.92. The topological polar surface area (TPSA) is 96.9 Å². The van der Waals surface area contributed by atoms with Crippen LogP contribution in [0.5, 0.6) is 0 Å². The maximum atomic E-state index is 13.9. The van der Waals surface area contributed by atoms with Crippen molar-refractivity contribution in [2.45, 2.75) is 31.3 Å². The minimum atomic E-state index is -4.71. The Bertz CT molecular complexity index is 1170. The summed E-state index contributed by atoms with van der Waals surface area (Å²) in [5, 5.41) is 2.52. The molecule has 1 aliphatic rings. The van der Waals surface area contributed by atoms with Crippen LogP contribution in [0.4, 0.5) is 18.9 Å². The van der Waals surface area contributed by atoms with Gasteiger partial charge in [-0.2, -0.15) is 18.2 Å². The number of aliphatic imine (C=N–C) groups is 2. The van der Waals surface area contributed by atoms with Gasteiger partial charge in [-0.25, -0.2) is 13.4 Å². The third kappa shape index (κ3) is 5.60. The first kappa shape index (κ1) is 24.1. The largest absolute Gasteiger partial charge is 0.417 e. The molecule has 3 N–H and O–H groups in total. The van der Waals surface area contributed by atoms with E-state index in [1.807, 2.05) is 13.8 Å². The minimum Gasteiger partial charge on any atom is -0.385 e. The summed E-state index contributed by atoms with van der Waals surface area (Å²) >= 11 is 6.24. The van der Waals surface area contributed by atoms with E-state index in [4.69, 9.17) is 17.3 Å². The van der Waals surface area contributed by atoms with Gasteiger partial charge in [0.25, 0.3) is 0 Å². The highest BCUT2D eigenvalue weighted by Crippen LogP contribution is 2.43. The number of sulfone groups is 1. The van der Waals surface area contributed by atoms with Crippen LogP contribution in [0.15, 0.2) is 51.3 Å². The van der Waals surface area contributed by atoms with Crippen LogP contribution in [0.25, 0.3) is 11.1 Å². The highest BCUT2D eigenvalue weighted by atomic mass is 35.5. The minimum absolute atomic E-state index is 0.0319. The number of nitrogens with two attached hydrogens (primary N) is 1. The van der Waals surface area contributed by atoms with Gasteiger partial charge in [-0.05, 0) is 42.2 Å². The van der Waals surface area contributed by atoms with Crippen LogP contribution in [0, 0.1) is 5.92 Å². The average molecular weight is 487 g/mol. The van der Waals surface area contributed by atoms with Gasteiger partial charge in [0.2, 0.25) is 5.96 Å². The molecule has 0 unspecified atom stereocenters. The number of halogens is 4. The van der Waals surface area contributed by atoms with Crippen LogP contribution in [-0.2, 0) is 16.0 Å². The molecule has 0 radical (unpaired) electrons. The molecular formula is C21H22ClF3N4O2S. The summed E-state index contributed by atoms with van der Waals surface area (Å²) < 4.78 is 66.5. The zero-order valence-corrected chi connectivity index (χ0v) is 18.9. The fourth-order valence-electron chi connectivity index (χ4n) is 3.09. The number of anilines is 1. The smallest absolute Gasteiger partial charge is 0.385 e. The van der Waals surface area contributed by atoms with E-state index in [9.17, 15) is 21.6 Å². The molecule has 1 heterocycles. The number of hydrogen-bond donors (Lipinski definition) is 2. The van der Waals surface area contributed by atoms with Gasteiger partial charge in [0.05, 0.1) is 21.2 Å². The first-order valence-electron chi connectivity index (χ1n) is 9.75. The quantitative estimate of drug-likeness (QED) is 0.601. The van der Waals surface area contributed by atoms with Gasteiger partial charge in [0.15, 0.2) is 9.84 Å². The molecule has 32 heavy (non-hydrogen) atoms. The molecule has 3 rings (SSSR count). The Labute approximate surface area is 189 Å². The third-order valence-electron chi connectivity index (χ3n) is 4.76. The van der Waals surface area contributed by atoms with E-state index in [1.165, 1.54) is 30.3 Å². The van der Waals surface area contributed by atoms with E-state index < -0.39 is 21.6 Å². The van der Waals surface area contributed by atoms with Crippen molar-refractivity contribution in [3.8, 4) is 11.1 Å². The van der Waals surface area contributed by atoms with Crippen LogP contribution in [0.3, 0.4) is 0 Å². The third-order valence-corrected chi connectivity index (χ3v) is 6.82. The Morgan fingerprint density at radius 2 is 1.84 bits per heavy atom. The molecule has 0 spiro atoms. The summed E-state index contributed by atoms with van der Waals surface area (Å²) in [5.41, 5.74) is 4.52. The molecule has 1 aliphatic heterocycles. The summed E-state index contributed by atoms with van der Waals surface area (Å²) in [6.07, 6.45) is -4.22. The van der Waals surface area contributed by atoms with Crippen molar-refractivity contribution in [1.29, 1.82) is 0 Å². The van der Waals surface area contributed by atoms with Crippen molar-refractivity contribution in [2.75, 3.05) is 17.6 Å². The molecular weight excluding hydrogens is 465 g/mol. The number of benzene rings is 2. The molecule has 0 fully saturated rings. The Hall–Kier alpha value is -2.59. The van der Waals surface area contributed by atoms with Crippen molar-refractivity contribution < 1.29 is 21.6 Å². The van der Waals surface area contributed by atoms with Gasteiger partial charge in [0.1, 0.15) is 12.4 Å². The van der Waals surface area contributed by atoms with Crippen LogP contribution >= 0.6 is 11.6 Å². The van der Waals surface area contributed by atoms with Crippen LogP contribution in [0.1, 0.15) is 25.8 Å². The fourth-order valence-corrected chi connectivity index (χ4v) is 4.99. The number of hydrogen-bond acceptors (Lipinski definition) is 6. The lowest BCUT2D eigenvalue weighted by Crippen LogP contribution is -2.14. The lowest BCUT2D eigenvalue weighted by molar-refractivity contribution is -0.137. The van der Waals surface area contributed by atoms with Crippen molar-refractivity contribution >= 4 is 38.9 Å². The second-order valence-corrected chi connectivity index (χ2v) is 10.3. The van der Waals surface area contributed by atoms with Gasteiger partial charge >= 0.3 is 6.18 Å². The van der Waals surface area contributed by atoms with Gasteiger partial charge in [0, 0.05) is 11.3 Å². The van der Waals surface area contributed by atoms with E-state index in [2.05, 4.69) is 15.3 Å². The number of rotatable bonds is 6. The average Bonchev–Trinajstić information content (AvgIpc) is 3.10. The molecule has 0 saturated carbocycles. The molecule has 172 valence electrons. The second kappa shape index (κ2) is 9.11. The number of amidine groups is 1. The van der Waals surface area contributed by atoms with Gasteiger partial charge in [-0.15, -0.1) is 0 Å². The Balaban J connectivity index is 1.98. The fraction of sp³-hybridized carbons (Fsp3) is 0.333. The monoisotopic (exact) mass is 486 g/mol. The van der Waals surface area contributed by atoms with E-state index >= 15 is 0 Å². The first-order chi connectivity index (χ1) is 14.9. The molecule has 2 aromatic rings. The summed E-state index contributed by atoms with van der Waals surface area (Å²) in [6.45, 7) is 3.99.